The standard InChI is InChI=1S/C15H25N3O/c1-3-16-12(2)10-15(19)11-13-8-9-18(17-13)14-6-4-5-7-14/h8-9,12,14,16H,3-7,10-11H2,1-2H3. The van der Waals surface area contributed by atoms with Crippen molar-refractivity contribution in [3.63, 3.8) is 0 Å². The number of carbonyl (C=O) groups is 1. The highest BCUT2D eigenvalue weighted by atomic mass is 16.1. The quantitative estimate of drug-likeness (QED) is 0.822. The van der Waals surface area contributed by atoms with Gasteiger partial charge in [0.25, 0.3) is 0 Å². The highest BCUT2D eigenvalue weighted by Gasteiger charge is 2.18. The summed E-state index contributed by atoms with van der Waals surface area (Å²) >= 11 is 0. The predicted molar refractivity (Wildman–Crippen MR) is 76.2 cm³/mol. The van der Waals surface area contributed by atoms with Gasteiger partial charge < -0.3 is 5.32 Å². The molecule has 4 heteroatoms. The van der Waals surface area contributed by atoms with E-state index < -0.39 is 0 Å². The maximum atomic E-state index is 11.9. The van der Waals surface area contributed by atoms with Gasteiger partial charge in [0.1, 0.15) is 5.78 Å². The number of Topliss-reactive ketones (excluding diaryl/α,β-unsaturated/α-hetero) is 1. The van der Waals surface area contributed by atoms with Crippen LogP contribution in [0.15, 0.2) is 12.3 Å². The molecule has 1 aliphatic carbocycles. The molecule has 0 amide bonds. The van der Waals surface area contributed by atoms with E-state index in [4.69, 9.17) is 0 Å². The molecule has 0 saturated heterocycles. The highest BCUT2D eigenvalue weighted by Crippen LogP contribution is 2.28. The molecule has 1 aromatic rings. The third-order valence-electron chi connectivity index (χ3n) is 3.83. The summed E-state index contributed by atoms with van der Waals surface area (Å²) in [6.45, 7) is 5.02. The predicted octanol–water partition coefficient (Wildman–Crippen LogP) is 2.50. The minimum atomic E-state index is 0.259. The van der Waals surface area contributed by atoms with E-state index in [1.807, 2.05) is 12.3 Å². The number of nitrogens with zero attached hydrogens (tertiary/aromatic N) is 2. The molecule has 1 aliphatic rings. The molecule has 4 nitrogen and oxygen atoms in total. The molecule has 106 valence electrons. The fourth-order valence-electron chi connectivity index (χ4n) is 2.88. The zero-order chi connectivity index (χ0) is 13.7. The van der Waals surface area contributed by atoms with E-state index >= 15 is 0 Å². The van der Waals surface area contributed by atoms with Crippen LogP contribution in [0.25, 0.3) is 0 Å². The highest BCUT2D eigenvalue weighted by molar-refractivity contribution is 5.80. The minimum absolute atomic E-state index is 0.259. The Labute approximate surface area is 115 Å². The fourth-order valence-corrected chi connectivity index (χ4v) is 2.88. The average Bonchev–Trinajstić information content (AvgIpc) is 2.98. The zero-order valence-corrected chi connectivity index (χ0v) is 12.1. The van der Waals surface area contributed by atoms with Crippen LogP contribution in [0.1, 0.15) is 57.7 Å². The van der Waals surface area contributed by atoms with E-state index in [1.165, 1.54) is 25.7 Å². The van der Waals surface area contributed by atoms with Crippen molar-refractivity contribution in [2.24, 2.45) is 0 Å². The lowest BCUT2D eigenvalue weighted by Crippen LogP contribution is -2.28. The van der Waals surface area contributed by atoms with Crippen LogP contribution >= 0.6 is 0 Å². The van der Waals surface area contributed by atoms with Crippen molar-refractivity contribution in [2.45, 2.75) is 64.5 Å². The molecule has 0 radical (unpaired) electrons. The molecule has 1 N–H and O–H groups in total. The van der Waals surface area contributed by atoms with Gasteiger partial charge >= 0.3 is 0 Å². The Balaban J connectivity index is 1.83. The lowest BCUT2D eigenvalue weighted by atomic mass is 10.1. The number of hydrogen-bond acceptors (Lipinski definition) is 3. The van der Waals surface area contributed by atoms with Crippen LogP contribution in [0, 0.1) is 0 Å². The van der Waals surface area contributed by atoms with Gasteiger partial charge in [-0.05, 0) is 32.4 Å². The maximum absolute atomic E-state index is 11.9. The molecule has 1 heterocycles. The van der Waals surface area contributed by atoms with Crippen LogP contribution in [0.2, 0.25) is 0 Å². The molecule has 2 rings (SSSR count). The van der Waals surface area contributed by atoms with E-state index in [0.717, 1.165) is 12.2 Å². The first kappa shape index (κ1) is 14.3. The minimum Gasteiger partial charge on any atom is -0.314 e. The van der Waals surface area contributed by atoms with Crippen LogP contribution in [0.4, 0.5) is 0 Å². The Morgan fingerprint density at radius 2 is 2.26 bits per heavy atom. The monoisotopic (exact) mass is 263 g/mol. The van der Waals surface area contributed by atoms with Crippen LogP contribution in [-0.2, 0) is 11.2 Å². The molecule has 1 saturated carbocycles. The van der Waals surface area contributed by atoms with Crippen molar-refractivity contribution in [1.29, 1.82) is 0 Å². The van der Waals surface area contributed by atoms with E-state index in [0.29, 0.717) is 18.9 Å². The number of hydrogen-bond donors (Lipinski definition) is 1. The SMILES string of the molecule is CCNC(C)CC(=O)Cc1ccn(C2CCCC2)n1. The molecule has 1 unspecified atom stereocenters. The van der Waals surface area contributed by atoms with Gasteiger partial charge in [0.15, 0.2) is 0 Å². The third kappa shape index (κ3) is 4.16. The number of nitrogens with one attached hydrogen (secondary N) is 1. The molecule has 0 aromatic carbocycles. The van der Waals surface area contributed by atoms with E-state index in [-0.39, 0.29) is 11.8 Å². The summed E-state index contributed by atoms with van der Waals surface area (Å²) in [6, 6.07) is 2.81. The van der Waals surface area contributed by atoms with Gasteiger partial charge in [-0.2, -0.15) is 5.10 Å². The summed E-state index contributed by atoms with van der Waals surface area (Å²) in [4.78, 5) is 11.9. The second-order valence-electron chi connectivity index (χ2n) is 5.60. The summed E-state index contributed by atoms with van der Waals surface area (Å²) in [6.07, 6.45) is 8.16. The van der Waals surface area contributed by atoms with Crippen molar-refractivity contribution in [2.75, 3.05) is 6.54 Å². The molecule has 0 aliphatic heterocycles. The normalized spacial score (nSPS) is 17.8. The lowest BCUT2D eigenvalue weighted by Gasteiger charge is -2.10. The Kier molecular flexibility index (Phi) is 5.14. The van der Waals surface area contributed by atoms with E-state index in [1.54, 1.807) is 0 Å². The number of rotatable bonds is 7. The van der Waals surface area contributed by atoms with Crippen molar-refractivity contribution in [1.82, 2.24) is 15.1 Å². The van der Waals surface area contributed by atoms with Gasteiger partial charge in [0, 0.05) is 18.7 Å². The molecular formula is C15H25N3O. The molecule has 1 aromatic heterocycles. The topological polar surface area (TPSA) is 46.9 Å². The zero-order valence-electron chi connectivity index (χ0n) is 12.1. The Morgan fingerprint density at radius 1 is 1.53 bits per heavy atom. The molecule has 0 bridgehead atoms. The lowest BCUT2D eigenvalue weighted by molar-refractivity contribution is -0.118. The molecule has 19 heavy (non-hydrogen) atoms. The number of ketones is 1. The maximum Gasteiger partial charge on any atom is 0.140 e. The van der Waals surface area contributed by atoms with Gasteiger partial charge in [-0.3, -0.25) is 9.48 Å². The second kappa shape index (κ2) is 6.85. The van der Waals surface area contributed by atoms with Gasteiger partial charge in [-0.15, -0.1) is 0 Å². The number of carbonyl (C=O) groups excluding carboxylic acids is 1. The van der Waals surface area contributed by atoms with Gasteiger partial charge in [-0.1, -0.05) is 19.8 Å². The Hall–Kier alpha value is -1.16. The first-order chi connectivity index (χ1) is 9.19. The molecule has 1 atom stereocenters. The molecule has 1 fully saturated rings. The van der Waals surface area contributed by atoms with Crippen LogP contribution in [0.3, 0.4) is 0 Å². The van der Waals surface area contributed by atoms with Crippen molar-refractivity contribution in [3.8, 4) is 0 Å². The summed E-state index contributed by atoms with van der Waals surface area (Å²) in [5.74, 6) is 0.269. The van der Waals surface area contributed by atoms with Gasteiger partial charge in [0.05, 0.1) is 18.2 Å². The summed E-state index contributed by atoms with van der Waals surface area (Å²) in [5, 5.41) is 7.83. The first-order valence-electron chi connectivity index (χ1n) is 7.48. The summed E-state index contributed by atoms with van der Waals surface area (Å²) < 4.78 is 2.06. The fraction of sp³-hybridized carbons (Fsp3) is 0.733. The Morgan fingerprint density at radius 3 is 2.95 bits per heavy atom. The molecular weight excluding hydrogens is 238 g/mol. The summed E-state index contributed by atoms with van der Waals surface area (Å²) in [5.41, 5.74) is 0.917. The first-order valence-corrected chi connectivity index (χ1v) is 7.48. The molecule has 0 spiro atoms. The number of aromatic nitrogens is 2. The largest absolute Gasteiger partial charge is 0.314 e. The van der Waals surface area contributed by atoms with Crippen LogP contribution < -0.4 is 5.32 Å². The van der Waals surface area contributed by atoms with Crippen LogP contribution in [0.5, 0.6) is 0 Å². The smallest absolute Gasteiger partial charge is 0.140 e. The Bertz CT molecular complexity index is 407. The van der Waals surface area contributed by atoms with Gasteiger partial charge in [0.2, 0.25) is 0 Å². The summed E-state index contributed by atoms with van der Waals surface area (Å²) in [7, 11) is 0. The average molecular weight is 263 g/mol. The van der Waals surface area contributed by atoms with E-state index in [2.05, 4.69) is 28.9 Å². The third-order valence-corrected chi connectivity index (χ3v) is 3.83. The van der Waals surface area contributed by atoms with Crippen LogP contribution in [-0.4, -0.2) is 28.2 Å². The van der Waals surface area contributed by atoms with Gasteiger partial charge in [-0.25, -0.2) is 0 Å². The van der Waals surface area contributed by atoms with Crippen molar-refractivity contribution < 1.29 is 4.79 Å². The van der Waals surface area contributed by atoms with Crippen molar-refractivity contribution >= 4 is 5.78 Å². The van der Waals surface area contributed by atoms with E-state index in [9.17, 15) is 4.79 Å². The second-order valence-corrected chi connectivity index (χ2v) is 5.60. The van der Waals surface area contributed by atoms with Crippen molar-refractivity contribution in [3.05, 3.63) is 18.0 Å².